The standard InChI is InChI=1S/C23H19N/c1-17-15-20-9-5-6-10-22(20)23(16-17)24-21-13-11-19(12-14-21)18-7-3-2-4-8-18/h2-16,24H,1H3. The lowest BCUT2D eigenvalue weighted by atomic mass is 10.0. The van der Waals surface area contributed by atoms with Crippen molar-refractivity contribution in [1.29, 1.82) is 0 Å². The summed E-state index contributed by atoms with van der Waals surface area (Å²) in [5.41, 5.74) is 5.99. The number of fused-ring (bicyclic) bond motifs is 1. The highest BCUT2D eigenvalue weighted by Gasteiger charge is 2.03. The van der Waals surface area contributed by atoms with Crippen LogP contribution in [0.2, 0.25) is 0 Å². The number of anilines is 2. The highest BCUT2D eigenvalue weighted by atomic mass is 14.9. The Morgan fingerprint density at radius 1 is 0.625 bits per heavy atom. The van der Waals surface area contributed by atoms with Crippen LogP contribution in [0.25, 0.3) is 21.9 Å². The van der Waals surface area contributed by atoms with Crippen LogP contribution >= 0.6 is 0 Å². The third-order valence-corrected chi connectivity index (χ3v) is 4.28. The number of hydrogen-bond donors (Lipinski definition) is 1. The lowest BCUT2D eigenvalue weighted by Gasteiger charge is -2.12. The van der Waals surface area contributed by atoms with E-state index >= 15 is 0 Å². The second-order valence-corrected chi connectivity index (χ2v) is 6.10. The Morgan fingerprint density at radius 2 is 1.29 bits per heavy atom. The highest BCUT2D eigenvalue weighted by molar-refractivity contribution is 5.96. The van der Waals surface area contributed by atoms with Gasteiger partial charge in [0.25, 0.3) is 0 Å². The van der Waals surface area contributed by atoms with E-state index in [9.17, 15) is 0 Å². The van der Waals surface area contributed by atoms with Crippen LogP contribution in [-0.4, -0.2) is 0 Å². The summed E-state index contributed by atoms with van der Waals surface area (Å²) >= 11 is 0. The lowest BCUT2D eigenvalue weighted by molar-refractivity contribution is 1.48. The molecule has 0 amide bonds. The first-order chi connectivity index (χ1) is 11.8. The van der Waals surface area contributed by atoms with Crippen LogP contribution in [-0.2, 0) is 0 Å². The molecule has 0 aromatic heterocycles. The van der Waals surface area contributed by atoms with E-state index in [4.69, 9.17) is 0 Å². The Bertz CT molecular complexity index is 970. The number of nitrogens with one attached hydrogen (secondary N) is 1. The Balaban J connectivity index is 1.67. The maximum atomic E-state index is 3.57. The Labute approximate surface area is 142 Å². The van der Waals surface area contributed by atoms with Gasteiger partial charge in [-0.2, -0.15) is 0 Å². The monoisotopic (exact) mass is 309 g/mol. The molecule has 0 spiro atoms. The van der Waals surface area contributed by atoms with Gasteiger partial charge >= 0.3 is 0 Å². The van der Waals surface area contributed by atoms with Gasteiger partial charge in [-0.05, 0) is 47.2 Å². The first-order valence-corrected chi connectivity index (χ1v) is 8.21. The minimum Gasteiger partial charge on any atom is -0.355 e. The van der Waals surface area contributed by atoms with Crippen molar-refractivity contribution in [2.75, 3.05) is 5.32 Å². The molecule has 0 aliphatic carbocycles. The van der Waals surface area contributed by atoms with Gasteiger partial charge in [-0.1, -0.05) is 72.8 Å². The molecule has 0 aliphatic rings. The zero-order chi connectivity index (χ0) is 16.4. The summed E-state index contributed by atoms with van der Waals surface area (Å²) in [6.45, 7) is 2.14. The number of rotatable bonds is 3. The molecule has 0 heterocycles. The van der Waals surface area contributed by atoms with Crippen LogP contribution in [0.15, 0.2) is 91.0 Å². The Hall–Kier alpha value is -3.06. The molecule has 1 nitrogen and oxygen atoms in total. The van der Waals surface area contributed by atoms with Crippen molar-refractivity contribution in [3.63, 3.8) is 0 Å². The van der Waals surface area contributed by atoms with Gasteiger partial charge in [0.05, 0.1) is 0 Å². The molecule has 0 saturated carbocycles. The summed E-state index contributed by atoms with van der Waals surface area (Å²) in [6, 6.07) is 32.0. The predicted molar refractivity (Wildman–Crippen MR) is 104 cm³/mol. The highest BCUT2D eigenvalue weighted by Crippen LogP contribution is 2.29. The molecular weight excluding hydrogens is 290 g/mol. The topological polar surface area (TPSA) is 12.0 Å². The van der Waals surface area contributed by atoms with Crippen molar-refractivity contribution >= 4 is 22.1 Å². The summed E-state index contributed by atoms with van der Waals surface area (Å²) < 4.78 is 0. The van der Waals surface area contributed by atoms with Gasteiger partial charge in [-0.15, -0.1) is 0 Å². The second kappa shape index (κ2) is 6.21. The summed E-state index contributed by atoms with van der Waals surface area (Å²) in [4.78, 5) is 0. The van der Waals surface area contributed by atoms with Gasteiger partial charge in [0.2, 0.25) is 0 Å². The lowest BCUT2D eigenvalue weighted by Crippen LogP contribution is -1.92. The Kier molecular flexibility index (Phi) is 3.76. The molecule has 0 fully saturated rings. The summed E-state index contributed by atoms with van der Waals surface area (Å²) in [5, 5.41) is 6.08. The van der Waals surface area contributed by atoms with Crippen LogP contribution < -0.4 is 5.32 Å². The average Bonchev–Trinajstić information content (AvgIpc) is 2.63. The van der Waals surface area contributed by atoms with E-state index in [1.807, 2.05) is 6.07 Å². The molecule has 4 aromatic carbocycles. The molecule has 0 radical (unpaired) electrons. The van der Waals surface area contributed by atoms with Crippen molar-refractivity contribution < 1.29 is 0 Å². The minimum atomic E-state index is 1.10. The summed E-state index contributed by atoms with van der Waals surface area (Å²) in [7, 11) is 0. The molecule has 4 aromatic rings. The molecular formula is C23H19N. The van der Waals surface area contributed by atoms with Crippen LogP contribution in [0, 0.1) is 6.92 Å². The molecule has 116 valence electrons. The molecule has 24 heavy (non-hydrogen) atoms. The van der Waals surface area contributed by atoms with E-state index < -0.39 is 0 Å². The van der Waals surface area contributed by atoms with Crippen LogP contribution in [0.5, 0.6) is 0 Å². The predicted octanol–water partition coefficient (Wildman–Crippen LogP) is 6.56. The van der Waals surface area contributed by atoms with Gasteiger partial charge in [0, 0.05) is 16.8 Å². The van der Waals surface area contributed by atoms with E-state index in [0.29, 0.717) is 0 Å². The van der Waals surface area contributed by atoms with Crippen LogP contribution in [0.4, 0.5) is 11.4 Å². The quantitative estimate of drug-likeness (QED) is 0.452. The van der Waals surface area contributed by atoms with Crippen molar-refractivity contribution in [3.8, 4) is 11.1 Å². The van der Waals surface area contributed by atoms with E-state index in [2.05, 4.69) is 97.2 Å². The summed E-state index contributed by atoms with van der Waals surface area (Å²) in [5.74, 6) is 0. The van der Waals surface area contributed by atoms with E-state index in [0.717, 1.165) is 11.4 Å². The van der Waals surface area contributed by atoms with Crippen molar-refractivity contribution in [2.45, 2.75) is 6.92 Å². The van der Waals surface area contributed by atoms with Gasteiger partial charge in [-0.25, -0.2) is 0 Å². The molecule has 0 atom stereocenters. The smallest absolute Gasteiger partial charge is 0.0466 e. The van der Waals surface area contributed by atoms with Crippen molar-refractivity contribution in [1.82, 2.24) is 0 Å². The molecule has 0 saturated heterocycles. The van der Waals surface area contributed by atoms with Crippen LogP contribution in [0.1, 0.15) is 5.56 Å². The fourth-order valence-electron chi connectivity index (χ4n) is 3.10. The number of aryl methyl sites for hydroxylation is 1. The Morgan fingerprint density at radius 3 is 2.08 bits per heavy atom. The van der Waals surface area contributed by atoms with Crippen LogP contribution in [0.3, 0.4) is 0 Å². The van der Waals surface area contributed by atoms with Gasteiger partial charge < -0.3 is 5.32 Å². The van der Waals surface area contributed by atoms with E-state index in [1.54, 1.807) is 0 Å². The number of benzene rings is 4. The van der Waals surface area contributed by atoms with Gasteiger partial charge in [-0.3, -0.25) is 0 Å². The molecule has 4 rings (SSSR count). The third kappa shape index (κ3) is 2.89. The molecule has 0 aliphatic heterocycles. The maximum absolute atomic E-state index is 3.57. The van der Waals surface area contributed by atoms with Crippen molar-refractivity contribution in [3.05, 3.63) is 96.6 Å². The fraction of sp³-hybridized carbons (Fsp3) is 0.0435. The molecule has 1 N–H and O–H groups in total. The third-order valence-electron chi connectivity index (χ3n) is 4.28. The fourth-order valence-corrected chi connectivity index (χ4v) is 3.10. The molecule has 0 unspecified atom stereocenters. The first kappa shape index (κ1) is 14.5. The normalized spacial score (nSPS) is 10.7. The molecule has 0 bridgehead atoms. The van der Waals surface area contributed by atoms with E-state index in [-0.39, 0.29) is 0 Å². The SMILES string of the molecule is Cc1cc(Nc2ccc(-c3ccccc3)cc2)c2ccccc2c1. The summed E-state index contributed by atoms with van der Waals surface area (Å²) in [6.07, 6.45) is 0. The average molecular weight is 309 g/mol. The zero-order valence-electron chi connectivity index (χ0n) is 13.7. The largest absolute Gasteiger partial charge is 0.355 e. The van der Waals surface area contributed by atoms with E-state index in [1.165, 1.54) is 27.5 Å². The minimum absolute atomic E-state index is 1.10. The van der Waals surface area contributed by atoms with Crippen molar-refractivity contribution in [2.24, 2.45) is 0 Å². The maximum Gasteiger partial charge on any atom is 0.0466 e. The second-order valence-electron chi connectivity index (χ2n) is 6.10. The van der Waals surface area contributed by atoms with Gasteiger partial charge in [0.15, 0.2) is 0 Å². The first-order valence-electron chi connectivity index (χ1n) is 8.21. The zero-order valence-corrected chi connectivity index (χ0v) is 13.7. The number of hydrogen-bond acceptors (Lipinski definition) is 1. The molecule has 1 heteroatoms. The van der Waals surface area contributed by atoms with Gasteiger partial charge in [0.1, 0.15) is 0 Å².